The Morgan fingerprint density at radius 1 is 1.00 bits per heavy atom. The first-order valence-corrected chi connectivity index (χ1v) is 7.81. The van der Waals surface area contributed by atoms with Crippen LogP contribution in [0.2, 0.25) is 5.02 Å². The van der Waals surface area contributed by atoms with E-state index in [1.165, 1.54) is 6.92 Å². The molecule has 6 heteroatoms. The molecule has 2 N–H and O–H groups in total. The lowest BCUT2D eigenvalue weighted by molar-refractivity contribution is -0.116. The quantitative estimate of drug-likeness (QED) is 0.756. The molecule has 24 heavy (non-hydrogen) atoms. The van der Waals surface area contributed by atoms with Crippen LogP contribution in [0, 0.1) is 0 Å². The lowest BCUT2D eigenvalue weighted by atomic mass is 10.2. The maximum absolute atomic E-state index is 12.2. The first-order valence-electron chi connectivity index (χ1n) is 7.43. The molecule has 0 saturated heterocycles. The van der Waals surface area contributed by atoms with E-state index in [9.17, 15) is 9.59 Å². The highest BCUT2D eigenvalue weighted by Crippen LogP contribution is 2.20. The van der Waals surface area contributed by atoms with Gasteiger partial charge >= 0.3 is 0 Å². The Hall–Kier alpha value is -2.79. The second-order valence-corrected chi connectivity index (χ2v) is 5.89. The van der Waals surface area contributed by atoms with Crippen molar-refractivity contribution in [2.75, 3.05) is 10.6 Å². The predicted octanol–water partition coefficient (Wildman–Crippen LogP) is 3.89. The number of nitrogens with zero attached hydrogens (tertiary/aromatic N) is 1. The summed E-state index contributed by atoms with van der Waals surface area (Å²) < 4.78 is 1.85. The molecular formula is C18H16ClN3O2. The molecule has 5 nitrogen and oxygen atoms in total. The van der Waals surface area contributed by atoms with Crippen molar-refractivity contribution in [3.63, 3.8) is 0 Å². The summed E-state index contributed by atoms with van der Waals surface area (Å²) in [5.41, 5.74) is 2.27. The maximum atomic E-state index is 12.2. The van der Waals surface area contributed by atoms with Crippen molar-refractivity contribution < 1.29 is 9.59 Å². The summed E-state index contributed by atoms with van der Waals surface area (Å²) in [6.45, 7) is 1.64. The molecule has 0 bridgehead atoms. The van der Waals surface area contributed by atoms with E-state index in [0.29, 0.717) is 16.4 Å². The van der Waals surface area contributed by atoms with E-state index in [2.05, 4.69) is 10.6 Å². The van der Waals surface area contributed by atoms with Gasteiger partial charge in [-0.25, -0.2) is 0 Å². The average Bonchev–Trinajstić information content (AvgIpc) is 2.91. The molecule has 0 aliphatic carbocycles. The van der Waals surface area contributed by atoms with E-state index < -0.39 is 0 Å². The summed E-state index contributed by atoms with van der Waals surface area (Å²) in [4.78, 5) is 23.2. The first-order chi connectivity index (χ1) is 11.5. The van der Waals surface area contributed by atoms with Gasteiger partial charge < -0.3 is 15.2 Å². The van der Waals surface area contributed by atoms with Crippen molar-refractivity contribution in [3.8, 4) is 0 Å². The number of rotatable bonds is 4. The third kappa shape index (κ3) is 3.75. The van der Waals surface area contributed by atoms with Gasteiger partial charge in [-0.05, 0) is 47.9 Å². The number of hydrogen-bond acceptors (Lipinski definition) is 2. The van der Waals surface area contributed by atoms with Crippen LogP contribution in [0.25, 0.3) is 10.9 Å². The van der Waals surface area contributed by atoms with Crippen LogP contribution >= 0.6 is 11.6 Å². The molecule has 0 spiro atoms. The van der Waals surface area contributed by atoms with Crippen molar-refractivity contribution in [2.24, 2.45) is 0 Å². The number of hydrogen-bond donors (Lipinski definition) is 2. The third-order valence-corrected chi connectivity index (χ3v) is 3.77. The Morgan fingerprint density at radius 2 is 1.67 bits per heavy atom. The zero-order valence-electron chi connectivity index (χ0n) is 13.0. The van der Waals surface area contributed by atoms with Crippen molar-refractivity contribution in [3.05, 3.63) is 59.8 Å². The number of anilines is 2. The van der Waals surface area contributed by atoms with Gasteiger partial charge in [-0.3, -0.25) is 9.59 Å². The summed E-state index contributed by atoms with van der Waals surface area (Å²) in [5.74, 6) is -0.273. The summed E-state index contributed by atoms with van der Waals surface area (Å²) in [7, 11) is 0. The highest BCUT2D eigenvalue weighted by Gasteiger charge is 2.07. The van der Waals surface area contributed by atoms with Crippen LogP contribution in [0.15, 0.2) is 54.7 Å². The molecule has 0 saturated carbocycles. The van der Waals surface area contributed by atoms with Gasteiger partial charge in [0.25, 0.3) is 0 Å². The second-order valence-electron chi connectivity index (χ2n) is 5.45. The molecular weight excluding hydrogens is 326 g/mol. The van der Waals surface area contributed by atoms with E-state index in [-0.39, 0.29) is 18.4 Å². The predicted molar refractivity (Wildman–Crippen MR) is 96.3 cm³/mol. The Bertz CT molecular complexity index is 900. The van der Waals surface area contributed by atoms with Gasteiger partial charge in [-0.1, -0.05) is 17.7 Å². The van der Waals surface area contributed by atoms with Crippen LogP contribution < -0.4 is 10.6 Å². The molecule has 122 valence electrons. The normalized spacial score (nSPS) is 10.6. The lowest BCUT2D eigenvalue weighted by Crippen LogP contribution is -2.18. The number of fused-ring (bicyclic) bond motifs is 1. The summed E-state index contributed by atoms with van der Waals surface area (Å²) in [6.07, 6.45) is 1.86. The summed E-state index contributed by atoms with van der Waals surface area (Å²) >= 11 is 6.02. The Morgan fingerprint density at radius 3 is 2.33 bits per heavy atom. The fourth-order valence-corrected chi connectivity index (χ4v) is 2.66. The monoisotopic (exact) mass is 341 g/mol. The van der Waals surface area contributed by atoms with Gasteiger partial charge in [0.05, 0.1) is 0 Å². The first kappa shape index (κ1) is 16.1. The van der Waals surface area contributed by atoms with Gasteiger partial charge in [-0.15, -0.1) is 0 Å². The molecule has 0 unspecified atom stereocenters. The zero-order valence-corrected chi connectivity index (χ0v) is 13.8. The molecule has 1 aromatic heterocycles. The zero-order chi connectivity index (χ0) is 17.1. The van der Waals surface area contributed by atoms with Crippen LogP contribution in [-0.2, 0) is 16.1 Å². The van der Waals surface area contributed by atoms with Crippen LogP contribution in [0.1, 0.15) is 6.92 Å². The Labute approximate surface area is 144 Å². The number of nitrogens with one attached hydrogen (secondary N) is 2. The fourth-order valence-electron chi connectivity index (χ4n) is 2.49. The standard InChI is InChI=1S/C18H16ClN3O2/c1-12(23)20-15-4-6-16(7-5-15)21-18(24)11-22-9-8-13-2-3-14(19)10-17(13)22/h2-10H,11H2,1H3,(H,20,23)(H,21,24). The average molecular weight is 342 g/mol. The minimum absolute atomic E-state index is 0.134. The number of halogens is 1. The highest BCUT2D eigenvalue weighted by molar-refractivity contribution is 6.31. The second kappa shape index (κ2) is 6.76. The van der Waals surface area contributed by atoms with E-state index in [1.807, 2.05) is 35.0 Å². The molecule has 0 radical (unpaired) electrons. The topological polar surface area (TPSA) is 63.1 Å². The molecule has 2 amide bonds. The molecule has 0 atom stereocenters. The van der Waals surface area contributed by atoms with Gasteiger partial charge in [0, 0.05) is 35.0 Å². The Balaban J connectivity index is 1.68. The number of carbonyl (C=O) groups is 2. The van der Waals surface area contributed by atoms with Crippen LogP contribution in [0.5, 0.6) is 0 Å². The molecule has 3 aromatic rings. The largest absolute Gasteiger partial charge is 0.338 e. The van der Waals surface area contributed by atoms with Crippen LogP contribution in [-0.4, -0.2) is 16.4 Å². The molecule has 2 aromatic carbocycles. The molecule has 0 aliphatic rings. The molecule has 1 heterocycles. The number of aromatic nitrogens is 1. The van der Waals surface area contributed by atoms with Gasteiger partial charge in [-0.2, -0.15) is 0 Å². The molecule has 0 fully saturated rings. The highest BCUT2D eigenvalue weighted by atomic mass is 35.5. The minimum Gasteiger partial charge on any atom is -0.338 e. The van der Waals surface area contributed by atoms with Crippen molar-refractivity contribution in [1.82, 2.24) is 4.57 Å². The van der Waals surface area contributed by atoms with Crippen molar-refractivity contribution in [1.29, 1.82) is 0 Å². The number of amides is 2. The number of carbonyl (C=O) groups excluding carboxylic acids is 2. The Kier molecular flexibility index (Phi) is 4.53. The molecule has 0 aliphatic heterocycles. The third-order valence-electron chi connectivity index (χ3n) is 3.54. The van der Waals surface area contributed by atoms with E-state index in [1.54, 1.807) is 24.3 Å². The van der Waals surface area contributed by atoms with Crippen LogP contribution in [0.4, 0.5) is 11.4 Å². The van der Waals surface area contributed by atoms with E-state index in [4.69, 9.17) is 11.6 Å². The van der Waals surface area contributed by atoms with Gasteiger partial charge in [0.2, 0.25) is 11.8 Å². The smallest absolute Gasteiger partial charge is 0.244 e. The molecule has 3 rings (SSSR count). The SMILES string of the molecule is CC(=O)Nc1ccc(NC(=O)Cn2ccc3ccc(Cl)cc32)cc1. The maximum Gasteiger partial charge on any atom is 0.244 e. The fraction of sp³-hybridized carbons (Fsp3) is 0.111. The van der Waals surface area contributed by atoms with E-state index in [0.717, 1.165) is 10.9 Å². The summed E-state index contributed by atoms with van der Waals surface area (Å²) in [5, 5.41) is 7.18. The van der Waals surface area contributed by atoms with E-state index >= 15 is 0 Å². The van der Waals surface area contributed by atoms with Crippen molar-refractivity contribution >= 4 is 45.7 Å². The minimum atomic E-state index is -0.139. The van der Waals surface area contributed by atoms with Gasteiger partial charge in [0.1, 0.15) is 6.54 Å². The lowest BCUT2D eigenvalue weighted by Gasteiger charge is -2.09. The van der Waals surface area contributed by atoms with Gasteiger partial charge in [0.15, 0.2) is 0 Å². The number of benzene rings is 2. The van der Waals surface area contributed by atoms with Crippen LogP contribution in [0.3, 0.4) is 0 Å². The summed E-state index contributed by atoms with van der Waals surface area (Å²) in [6, 6.07) is 14.5. The van der Waals surface area contributed by atoms with Crippen molar-refractivity contribution in [2.45, 2.75) is 13.5 Å².